The normalized spacial score (nSPS) is 12.6. The molecule has 1 aliphatic rings. The van der Waals surface area contributed by atoms with Crippen LogP contribution in [0.3, 0.4) is 0 Å². The molecule has 0 amide bonds. The lowest BCUT2D eigenvalue weighted by atomic mass is 10.0. The van der Waals surface area contributed by atoms with Crippen molar-refractivity contribution in [2.75, 3.05) is 19.8 Å². The van der Waals surface area contributed by atoms with Gasteiger partial charge in [0.05, 0.1) is 0 Å². The van der Waals surface area contributed by atoms with Crippen LogP contribution in [-0.2, 0) is 13.2 Å². The van der Waals surface area contributed by atoms with Crippen LogP contribution in [0.5, 0.6) is 16.6 Å². The minimum absolute atomic E-state index is 0.426. The minimum atomic E-state index is 0.426. The maximum absolute atomic E-state index is 9.76. The van der Waals surface area contributed by atoms with E-state index in [9.17, 15) is 5.26 Å². The summed E-state index contributed by atoms with van der Waals surface area (Å²) in [6.45, 7) is 7.79. The third-order valence-electron chi connectivity index (χ3n) is 5.00. The second-order valence-electron chi connectivity index (χ2n) is 7.91. The molecule has 5 nitrogen and oxygen atoms in total. The van der Waals surface area contributed by atoms with Gasteiger partial charge in [-0.05, 0) is 41.3 Å². The van der Waals surface area contributed by atoms with Crippen LogP contribution in [0.1, 0.15) is 30.5 Å². The Morgan fingerprint density at radius 1 is 1.06 bits per heavy atom. The van der Waals surface area contributed by atoms with Crippen LogP contribution in [0.2, 0.25) is 0 Å². The summed E-state index contributed by atoms with van der Waals surface area (Å²) in [6.07, 6.45) is 0. The first-order chi connectivity index (χ1) is 15.1. The molecule has 0 bridgehead atoms. The molecule has 2 aromatic carbocycles. The van der Waals surface area contributed by atoms with Gasteiger partial charge in [-0.15, -0.1) is 11.3 Å². The van der Waals surface area contributed by atoms with Gasteiger partial charge in [0.2, 0.25) is 0 Å². The molecule has 0 unspecified atom stereocenters. The predicted octanol–water partition coefficient (Wildman–Crippen LogP) is 5.38. The summed E-state index contributed by atoms with van der Waals surface area (Å²) < 4.78 is 17.3. The highest BCUT2D eigenvalue weighted by Crippen LogP contribution is 2.40. The molecule has 2 heterocycles. The molecular weight excluding hydrogens is 408 g/mol. The lowest BCUT2D eigenvalue weighted by molar-refractivity contribution is 0.171. The van der Waals surface area contributed by atoms with Crippen LogP contribution in [0, 0.1) is 17.2 Å². The average Bonchev–Trinajstić information content (AvgIpc) is 3.21. The number of fused-ring (bicyclic) bond motifs is 1. The van der Waals surface area contributed by atoms with Crippen molar-refractivity contribution in [2.24, 2.45) is 5.92 Å². The quantitative estimate of drug-likeness (QED) is 0.515. The number of ether oxygens (including phenoxy) is 3. The number of nitriles is 1. The van der Waals surface area contributed by atoms with E-state index < -0.39 is 0 Å². The molecule has 3 aromatic rings. The number of hydrogen-bond donors (Lipinski definition) is 1. The van der Waals surface area contributed by atoms with E-state index in [1.54, 1.807) is 0 Å². The Kier molecular flexibility index (Phi) is 6.76. The molecule has 0 radical (unpaired) electrons. The van der Waals surface area contributed by atoms with Gasteiger partial charge in [0.25, 0.3) is 0 Å². The number of rotatable bonds is 8. The Hall–Kier alpha value is -3.01. The summed E-state index contributed by atoms with van der Waals surface area (Å²) in [6, 6.07) is 16.5. The molecule has 0 spiro atoms. The largest absolute Gasteiger partial charge is 0.486 e. The molecule has 1 aromatic heterocycles. The third kappa shape index (κ3) is 5.19. The smallest absolute Gasteiger partial charge is 0.192 e. The van der Waals surface area contributed by atoms with E-state index in [-0.39, 0.29) is 0 Å². The summed E-state index contributed by atoms with van der Waals surface area (Å²) >= 11 is 1.44. The van der Waals surface area contributed by atoms with E-state index in [4.69, 9.17) is 14.2 Å². The second-order valence-corrected chi connectivity index (χ2v) is 8.75. The van der Waals surface area contributed by atoms with Crippen LogP contribution in [0.25, 0.3) is 11.1 Å². The molecule has 0 fully saturated rings. The van der Waals surface area contributed by atoms with Gasteiger partial charge in [0.1, 0.15) is 31.5 Å². The Bertz CT molecular complexity index is 1070. The van der Waals surface area contributed by atoms with Crippen LogP contribution < -0.4 is 19.5 Å². The molecule has 4 rings (SSSR count). The first-order valence-corrected chi connectivity index (χ1v) is 11.3. The monoisotopic (exact) mass is 434 g/mol. The van der Waals surface area contributed by atoms with E-state index >= 15 is 0 Å². The maximum atomic E-state index is 9.76. The summed E-state index contributed by atoms with van der Waals surface area (Å²) in [5.41, 5.74) is 4.65. The van der Waals surface area contributed by atoms with Crippen molar-refractivity contribution in [1.82, 2.24) is 5.32 Å². The lowest BCUT2D eigenvalue weighted by Gasteiger charge is -2.18. The zero-order valence-electron chi connectivity index (χ0n) is 17.8. The fourth-order valence-electron chi connectivity index (χ4n) is 3.38. The first kappa shape index (κ1) is 21.2. The lowest BCUT2D eigenvalue weighted by Crippen LogP contribution is -2.18. The fraction of sp³-hybridized carbons (Fsp3) is 0.320. The van der Waals surface area contributed by atoms with Crippen LogP contribution in [0.15, 0.2) is 47.8 Å². The van der Waals surface area contributed by atoms with Gasteiger partial charge in [-0.3, -0.25) is 0 Å². The van der Waals surface area contributed by atoms with Gasteiger partial charge in [0, 0.05) is 17.5 Å². The Morgan fingerprint density at radius 2 is 1.81 bits per heavy atom. The molecule has 0 saturated heterocycles. The molecule has 0 atom stereocenters. The summed E-state index contributed by atoms with van der Waals surface area (Å²) in [5, 5.41) is 15.8. The van der Waals surface area contributed by atoms with Crippen molar-refractivity contribution in [3.63, 3.8) is 0 Å². The Balaban J connectivity index is 1.42. The predicted molar refractivity (Wildman–Crippen MR) is 123 cm³/mol. The number of nitrogens with zero attached hydrogens (tertiary/aromatic N) is 1. The van der Waals surface area contributed by atoms with Crippen LogP contribution >= 0.6 is 11.3 Å². The number of thiophene rings is 1. The maximum Gasteiger partial charge on any atom is 0.192 e. The van der Waals surface area contributed by atoms with Gasteiger partial charge in [-0.1, -0.05) is 44.2 Å². The Labute approximate surface area is 187 Å². The van der Waals surface area contributed by atoms with E-state index in [0.717, 1.165) is 35.5 Å². The third-order valence-corrected chi connectivity index (χ3v) is 5.89. The second kappa shape index (κ2) is 9.86. The van der Waals surface area contributed by atoms with Crippen molar-refractivity contribution >= 4 is 11.3 Å². The standard InChI is InChI=1S/C25H26N2O3S/c1-17(2)13-27-14-18-3-5-19(6-4-18)15-30-25-21(12-26)22(16-31-25)20-7-8-23-24(11-20)29-10-9-28-23/h3-8,11,16-17,27H,9-10,13-15H2,1-2H3. The van der Waals surface area contributed by atoms with Crippen LogP contribution in [-0.4, -0.2) is 19.8 Å². The van der Waals surface area contributed by atoms with Crippen LogP contribution in [0.4, 0.5) is 0 Å². The minimum Gasteiger partial charge on any atom is -0.486 e. The van der Waals surface area contributed by atoms with Gasteiger partial charge in [0.15, 0.2) is 16.6 Å². The molecule has 6 heteroatoms. The van der Waals surface area contributed by atoms with Gasteiger partial charge in [-0.2, -0.15) is 5.26 Å². The molecule has 1 aliphatic heterocycles. The average molecular weight is 435 g/mol. The van der Waals surface area contributed by atoms with Crippen molar-refractivity contribution in [3.8, 4) is 33.8 Å². The van der Waals surface area contributed by atoms with Crippen molar-refractivity contribution in [2.45, 2.75) is 27.0 Å². The summed E-state index contributed by atoms with van der Waals surface area (Å²) in [7, 11) is 0. The van der Waals surface area contributed by atoms with E-state index in [0.29, 0.717) is 42.1 Å². The molecule has 160 valence electrons. The zero-order chi connectivity index (χ0) is 21.6. The number of nitrogens with one attached hydrogen (secondary N) is 1. The highest BCUT2D eigenvalue weighted by Gasteiger charge is 2.18. The van der Waals surface area contributed by atoms with E-state index in [2.05, 4.69) is 49.5 Å². The molecule has 31 heavy (non-hydrogen) atoms. The van der Waals surface area contributed by atoms with Gasteiger partial charge >= 0.3 is 0 Å². The summed E-state index contributed by atoms with van der Waals surface area (Å²) in [4.78, 5) is 0. The Morgan fingerprint density at radius 3 is 2.55 bits per heavy atom. The highest BCUT2D eigenvalue weighted by molar-refractivity contribution is 7.12. The van der Waals surface area contributed by atoms with Crippen molar-refractivity contribution < 1.29 is 14.2 Å². The summed E-state index contributed by atoms with van der Waals surface area (Å²) in [5.74, 6) is 2.09. The molecule has 1 N–H and O–H groups in total. The van der Waals surface area contributed by atoms with E-state index in [1.807, 2.05) is 23.6 Å². The SMILES string of the molecule is CC(C)CNCc1ccc(COc2scc(-c3ccc4c(c3)OCCO4)c2C#N)cc1. The number of benzene rings is 2. The topological polar surface area (TPSA) is 63.5 Å². The fourth-order valence-corrected chi connectivity index (χ4v) is 4.26. The molecule has 0 aliphatic carbocycles. The van der Waals surface area contributed by atoms with Gasteiger partial charge < -0.3 is 19.5 Å². The van der Waals surface area contributed by atoms with Crippen molar-refractivity contribution in [1.29, 1.82) is 5.26 Å². The highest BCUT2D eigenvalue weighted by atomic mass is 32.1. The number of hydrogen-bond acceptors (Lipinski definition) is 6. The van der Waals surface area contributed by atoms with Gasteiger partial charge in [-0.25, -0.2) is 0 Å². The zero-order valence-corrected chi connectivity index (χ0v) is 18.6. The molecule has 0 saturated carbocycles. The molecular formula is C25H26N2O3S. The van der Waals surface area contributed by atoms with E-state index in [1.165, 1.54) is 16.9 Å². The van der Waals surface area contributed by atoms with Crippen molar-refractivity contribution in [3.05, 3.63) is 64.5 Å². The first-order valence-electron chi connectivity index (χ1n) is 10.5.